The van der Waals surface area contributed by atoms with Gasteiger partial charge in [0.2, 0.25) is 5.91 Å². The molecule has 6 nitrogen and oxygen atoms in total. The molecule has 0 saturated carbocycles. The van der Waals surface area contributed by atoms with Crippen molar-refractivity contribution in [1.29, 1.82) is 0 Å². The van der Waals surface area contributed by atoms with Crippen LogP contribution in [0.4, 0.5) is 0 Å². The van der Waals surface area contributed by atoms with Gasteiger partial charge in [0, 0.05) is 13.7 Å². The van der Waals surface area contributed by atoms with Crippen LogP contribution in [0.1, 0.15) is 57.5 Å². The van der Waals surface area contributed by atoms with Crippen molar-refractivity contribution in [1.82, 2.24) is 14.5 Å². The van der Waals surface area contributed by atoms with Crippen molar-refractivity contribution in [3.63, 3.8) is 0 Å². The van der Waals surface area contributed by atoms with E-state index in [0.717, 1.165) is 5.56 Å². The Morgan fingerprint density at radius 1 is 1.06 bits per heavy atom. The van der Waals surface area contributed by atoms with Gasteiger partial charge in [-0.1, -0.05) is 63.2 Å². The maximum Gasteiger partial charge on any atom is 0.261 e. The first kappa shape index (κ1) is 24.6. The smallest absolute Gasteiger partial charge is 0.261 e. The van der Waals surface area contributed by atoms with E-state index < -0.39 is 0 Å². The number of benzene rings is 2. The molecule has 0 radical (unpaired) electrons. The lowest BCUT2D eigenvalue weighted by atomic mass is 9.94. The van der Waals surface area contributed by atoms with Crippen LogP contribution in [0, 0.1) is 5.92 Å². The van der Waals surface area contributed by atoms with Crippen molar-refractivity contribution < 1.29 is 9.53 Å². The first-order chi connectivity index (χ1) is 15.9. The molecule has 1 heterocycles. The van der Waals surface area contributed by atoms with Crippen molar-refractivity contribution >= 4 is 16.8 Å². The molecule has 1 amide bonds. The molecular formula is C27H35N3O3. The number of carbonyl (C=O) groups excluding carboxylic acids is 1. The van der Waals surface area contributed by atoms with Gasteiger partial charge in [-0.05, 0) is 37.0 Å². The molecule has 3 aromatic rings. The van der Waals surface area contributed by atoms with Crippen molar-refractivity contribution in [3.8, 4) is 0 Å². The van der Waals surface area contributed by atoms with Gasteiger partial charge >= 0.3 is 0 Å². The Kier molecular flexibility index (Phi) is 8.39. The number of fused-ring (bicyclic) bond motifs is 1. The number of methoxy groups -OCH3 is 1. The van der Waals surface area contributed by atoms with E-state index in [1.54, 1.807) is 17.7 Å². The standard InChI is InChI=1S/C27H35N3O3/c1-6-22(21-12-8-7-9-13-21)26(31)30(18-19(2)3)20(4)25-28-24-15-11-10-14-23(24)27(32)29(25)16-17-33-5/h7-15,19-20,22H,6,16-18H2,1-5H3. The summed E-state index contributed by atoms with van der Waals surface area (Å²) in [5, 5.41) is 0.571. The normalized spacial score (nSPS) is 13.3. The highest BCUT2D eigenvalue weighted by Crippen LogP contribution is 2.28. The minimum atomic E-state index is -0.369. The van der Waals surface area contributed by atoms with E-state index in [2.05, 4.69) is 13.8 Å². The van der Waals surface area contributed by atoms with Crippen LogP contribution in [-0.2, 0) is 16.1 Å². The summed E-state index contributed by atoms with van der Waals surface area (Å²) in [6.07, 6.45) is 0.700. The average molecular weight is 450 g/mol. The Balaban J connectivity index is 2.10. The third-order valence-corrected chi connectivity index (χ3v) is 6.00. The molecule has 0 saturated heterocycles. The molecule has 0 aliphatic heterocycles. The van der Waals surface area contributed by atoms with Crippen molar-refractivity contribution in [2.24, 2.45) is 5.92 Å². The van der Waals surface area contributed by atoms with Gasteiger partial charge in [0.25, 0.3) is 5.56 Å². The molecular weight excluding hydrogens is 414 g/mol. The maximum absolute atomic E-state index is 13.9. The van der Waals surface area contributed by atoms with Gasteiger partial charge in [-0.2, -0.15) is 0 Å². The summed E-state index contributed by atoms with van der Waals surface area (Å²) in [5.41, 5.74) is 1.55. The van der Waals surface area contributed by atoms with Crippen LogP contribution in [0.25, 0.3) is 10.9 Å². The molecule has 2 atom stereocenters. The largest absolute Gasteiger partial charge is 0.383 e. The molecule has 2 unspecified atom stereocenters. The average Bonchev–Trinajstić information content (AvgIpc) is 2.82. The quantitative estimate of drug-likeness (QED) is 0.447. The molecule has 0 spiro atoms. The summed E-state index contributed by atoms with van der Waals surface area (Å²) in [6.45, 7) is 9.56. The zero-order chi connectivity index (χ0) is 24.0. The topological polar surface area (TPSA) is 64.4 Å². The minimum absolute atomic E-state index is 0.0607. The number of hydrogen-bond acceptors (Lipinski definition) is 4. The second-order valence-electron chi connectivity index (χ2n) is 8.87. The highest BCUT2D eigenvalue weighted by atomic mass is 16.5. The fraction of sp³-hybridized carbons (Fsp3) is 0.444. The molecule has 3 rings (SSSR count). The molecule has 6 heteroatoms. The number of amides is 1. The summed E-state index contributed by atoms with van der Waals surface area (Å²) in [5.74, 6) is 0.676. The zero-order valence-corrected chi connectivity index (χ0v) is 20.3. The summed E-state index contributed by atoms with van der Waals surface area (Å²) in [7, 11) is 1.61. The van der Waals surface area contributed by atoms with E-state index in [0.29, 0.717) is 42.8 Å². The maximum atomic E-state index is 13.9. The fourth-order valence-electron chi connectivity index (χ4n) is 4.31. The van der Waals surface area contributed by atoms with Crippen molar-refractivity contribution in [2.45, 2.75) is 52.6 Å². The van der Waals surface area contributed by atoms with Crippen LogP contribution in [0.2, 0.25) is 0 Å². The molecule has 33 heavy (non-hydrogen) atoms. The van der Waals surface area contributed by atoms with Gasteiger partial charge in [-0.15, -0.1) is 0 Å². The Morgan fingerprint density at radius 3 is 2.36 bits per heavy atom. The SMILES string of the molecule is CCC(C(=O)N(CC(C)C)C(C)c1nc2ccccc2c(=O)n1CCOC)c1ccccc1. The summed E-state index contributed by atoms with van der Waals surface area (Å²) in [6, 6.07) is 16.9. The molecule has 0 aliphatic carbocycles. The van der Waals surface area contributed by atoms with Crippen LogP contribution >= 0.6 is 0 Å². The third kappa shape index (κ3) is 5.50. The Labute approximate surface area is 196 Å². The van der Waals surface area contributed by atoms with E-state index in [4.69, 9.17) is 9.72 Å². The van der Waals surface area contributed by atoms with Crippen LogP contribution in [0.15, 0.2) is 59.4 Å². The molecule has 0 N–H and O–H groups in total. The monoisotopic (exact) mass is 449 g/mol. The lowest BCUT2D eigenvalue weighted by Gasteiger charge is -2.34. The number of ether oxygens (including phenoxy) is 1. The van der Waals surface area contributed by atoms with Gasteiger partial charge in [0.1, 0.15) is 5.82 Å². The number of nitrogens with zero attached hydrogens (tertiary/aromatic N) is 3. The number of carbonyl (C=O) groups is 1. The molecule has 2 aromatic carbocycles. The highest BCUT2D eigenvalue weighted by Gasteiger charge is 2.31. The zero-order valence-electron chi connectivity index (χ0n) is 20.3. The number of hydrogen-bond donors (Lipinski definition) is 0. The van der Waals surface area contributed by atoms with Crippen LogP contribution in [-0.4, -0.2) is 40.6 Å². The number of aromatic nitrogens is 2. The minimum Gasteiger partial charge on any atom is -0.383 e. The summed E-state index contributed by atoms with van der Waals surface area (Å²) < 4.78 is 6.93. The van der Waals surface area contributed by atoms with Crippen LogP contribution in [0.3, 0.4) is 0 Å². The second kappa shape index (κ2) is 11.2. The van der Waals surface area contributed by atoms with Gasteiger partial charge in [0.05, 0.1) is 36.0 Å². The molecule has 1 aromatic heterocycles. The fourth-order valence-corrected chi connectivity index (χ4v) is 4.31. The van der Waals surface area contributed by atoms with Crippen LogP contribution < -0.4 is 5.56 Å². The molecule has 0 bridgehead atoms. The number of para-hydroxylation sites is 1. The Hall–Kier alpha value is -2.99. The molecule has 0 fully saturated rings. The summed E-state index contributed by atoms with van der Waals surface area (Å²) in [4.78, 5) is 34.0. The Morgan fingerprint density at radius 2 is 1.73 bits per heavy atom. The van der Waals surface area contributed by atoms with E-state index in [1.165, 1.54) is 0 Å². The van der Waals surface area contributed by atoms with Crippen LogP contribution in [0.5, 0.6) is 0 Å². The van der Waals surface area contributed by atoms with E-state index in [9.17, 15) is 9.59 Å². The Bertz CT molecular complexity index is 1120. The predicted molar refractivity (Wildman–Crippen MR) is 132 cm³/mol. The lowest BCUT2D eigenvalue weighted by Crippen LogP contribution is -2.42. The lowest BCUT2D eigenvalue weighted by molar-refractivity contribution is -0.136. The molecule has 0 aliphatic rings. The highest BCUT2D eigenvalue weighted by molar-refractivity contribution is 5.84. The first-order valence-electron chi connectivity index (χ1n) is 11.7. The van der Waals surface area contributed by atoms with Crippen molar-refractivity contribution in [2.75, 3.05) is 20.3 Å². The van der Waals surface area contributed by atoms with Gasteiger partial charge in [-0.25, -0.2) is 4.98 Å². The van der Waals surface area contributed by atoms with Gasteiger partial charge < -0.3 is 9.64 Å². The van der Waals surface area contributed by atoms with Gasteiger partial charge in [0.15, 0.2) is 0 Å². The number of rotatable bonds is 10. The first-order valence-corrected chi connectivity index (χ1v) is 11.7. The molecule has 176 valence electrons. The van der Waals surface area contributed by atoms with E-state index in [-0.39, 0.29) is 29.3 Å². The third-order valence-electron chi connectivity index (χ3n) is 6.00. The van der Waals surface area contributed by atoms with E-state index >= 15 is 0 Å². The van der Waals surface area contributed by atoms with E-state index in [1.807, 2.05) is 67.3 Å². The van der Waals surface area contributed by atoms with Crippen molar-refractivity contribution in [3.05, 3.63) is 76.3 Å². The predicted octanol–water partition coefficient (Wildman–Crippen LogP) is 4.78. The van der Waals surface area contributed by atoms with Gasteiger partial charge in [-0.3, -0.25) is 14.2 Å². The summed E-state index contributed by atoms with van der Waals surface area (Å²) >= 11 is 0. The second-order valence-corrected chi connectivity index (χ2v) is 8.87.